The molecule has 1 N–H and O–H groups in total. The highest BCUT2D eigenvalue weighted by Crippen LogP contribution is 2.15. The van der Waals surface area contributed by atoms with E-state index in [2.05, 4.69) is 5.32 Å². The predicted molar refractivity (Wildman–Crippen MR) is 110 cm³/mol. The summed E-state index contributed by atoms with van der Waals surface area (Å²) in [6, 6.07) is 11.7. The van der Waals surface area contributed by atoms with E-state index in [9.17, 15) is 19.2 Å². The van der Waals surface area contributed by atoms with Gasteiger partial charge in [0, 0.05) is 30.2 Å². The fourth-order valence-electron chi connectivity index (χ4n) is 2.74. The van der Waals surface area contributed by atoms with E-state index in [4.69, 9.17) is 4.74 Å². The zero-order valence-electron chi connectivity index (χ0n) is 17.1. The van der Waals surface area contributed by atoms with Crippen LogP contribution in [-0.4, -0.2) is 29.5 Å². The maximum absolute atomic E-state index is 12.4. The van der Waals surface area contributed by atoms with Gasteiger partial charge < -0.3 is 10.1 Å². The third-order valence-corrected chi connectivity index (χ3v) is 4.55. The third-order valence-electron chi connectivity index (χ3n) is 4.55. The first-order chi connectivity index (χ1) is 13.7. The summed E-state index contributed by atoms with van der Waals surface area (Å²) in [6.45, 7) is 6.78. The van der Waals surface area contributed by atoms with E-state index >= 15 is 0 Å². The number of ketones is 2. The van der Waals surface area contributed by atoms with Crippen LogP contribution >= 0.6 is 0 Å². The lowest BCUT2D eigenvalue weighted by atomic mass is 10.0. The number of benzene rings is 2. The van der Waals surface area contributed by atoms with Gasteiger partial charge in [-0.3, -0.25) is 19.2 Å². The van der Waals surface area contributed by atoms with Crippen LogP contribution < -0.4 is 5.32 Å². The maximum Gasteiger partial charge on any atom is 0.306 e. The molecule has 0 aliphatic carbocycles. The van der Waals surface area contributed by atoms with Crippen LogP contribution in [0, 0.1) is 13.8 Å². The topological polar surface area (TPSA) is 89.5 Å². The Morgan fingerprint density at radius 3 is 2.10 bits per heavy atom. The van der Waals surface area contributed by atoms with Crippen molar-refractivity contribution >= 4 is 29.1 Å². The van der Waals surface area contributed by atoms with Gasteiger partial charge in [0.15, 0.2) is 11.9 Å². The molecule has 0 spiro atoms. The van der Waals surface area contributed by atoms with Gasteiger partial charge in [-0.05, 0) is 62.2 Å². The van der Waals surface area contributed by atoms with Crippen LogP contribution in [-0.2, 0) is 14.3 Å². The molecule has 0 unspecified atom stereocenters. The zero-order valence-corrected chi connectivity index (χ0v) is 17.1. The van der Waals surface area contributed by atoms with Crippen molar-refractivity contribution in [2.24, 2.45) is 0 Å². The predicted octanol–water partition coefficient (Wildman–Crippen LogP) is 4.04. The summed E-state index contributed by atoms with van der Waals surface area (Å²) in [4.78, 5) is 47.7. The Morgan fingerprint density at radius 2 is 1.52 bits per heavy atom. The fourth-order valence-corrected chi connectivity index (χ4v) is 2.74. The van der Waals surface area contributed by atoms with Gasteiger partial charge in [0.1, 0.15) is 0 Å². The molecule has 6 nitrogen and oxygen atoms in total. The lowest BCUT2D eigenvalue weighted by Gasteiger charge is -2.13. The van der Waals surface area contributed by atoms with Crippen molar-refractivity contribution in [3.05, 3.63) is 64.7 Å². The lowest BCUT2D eigenvalue weighted by molar-refractivity contribution is -0.146. The highest BCUT2D eigenvalue weighted by Gasteiger charge is 2.20. The van der Waals surface area contributed by atoms with Gasteiger partial charge in [-0.2, -0.15) is 0 Å². The monoisotopic (exact) mass is 395 g/mol. The first kappa shape index (κ1) is 22.0. The van der Waals surface area contributed by atoms with Gasteiger partial charge in [0.2, 0.25) is 11.7 Å². The number of nitrogens with one attached hydrogen (secondary N) is 1. The molecular formula is C23H25NO5. The SMILES string of the molecule is CC(=O)Nc1ccc(C(=O)[C@H](C)OC(=O)CCC(=O)c2ccc(C)c(C)c2)cc1. The summed E-state index contributed by atoms with van der Waals surface area (Å²) in [6.07, 6.45) is -1.04. The standard InChI is InChI=1S/C23H25NO5/c1-14-5-6-19(13-15(14)2)21(26)11-12-22(27)29-16(3)23(28)18-7-9-20(10-8-18)24-17(4)25/h5-10,13,16H,11-12H2,1-4H3,(H,24,25)/t16-/m0/s1. The number of anilines is 1. The van der Waals surface area contributed by atoms with Crippen LogP contribution in [0.1, 0.15) is 58.5 Å². The van der Waals surface area contributed by atoms with Crippen molar-refractivity contribution < 1.29 is 23.9 Å². The average Bonchev–Trinajstić information content (AvgIpc) is 2.67. The minimum atomic E-state index is -0.967. The smallest absolute Gasteiger partial charge is 0.306 e. The molecule has 0 aliphatic rings. The van der Waals surface area contributed by atoms with Crippen LogP contribution in [0.3, 0.4) is 0 Å². The molecule has 2 aromatic rings. The molecular weight excluding hydrogens is 370 g/mol. The van der Waals surface area contributed by atoms with Crippen molar-refractivity contribution in [1.82, 2.24) is 0 Å². The summed E-state index contributed by atoms with van der Waals surface area (Å²) < 4.78 is 5.18. The zero-order chi connectivity index (χ0) is 21.6. The number of hydrogen-bond acceptors (Lipinski definition) is 5. The molecule has 0 bridgehead atoms. The molecule has 29 heavy (non-hydrogen) atoms. The number of carbonyl (C=O) groups is 4. The van der Waals surface area contributed by atoms with Gasteiger partial charge in [-0.15, -0.1) is 0 Å². The molecule has 6 heteroatoms. The van der Waals surface area contributed by atoms with E-state index in [-0.39, 0.29) is 30.3 Å². The largest absolute Gasteiger partial charge is 0.454 e. The molecule has 0 saturated carbocycles. The third kappa shape index (κ3) is 6.38. The van der Waals surface area contributed by atoms with Crippen molar-refractivity contribution in [2.75, 3.05) is 5.32 Å². The van der Waals surface area contributed by atoms with Crippen molar-refractivity contribution in [2.45, 2.75) is 46.6 Å². The summed E-state index contributed by atoms with van der Waals surface area (Å²) in [5.74, 6) is -1.30. The Labute approximate surface area is 170 Å². The number of aryl methyl sites for hydroxylation is 2. The van der Waals surface area contributed by atoms with Crippen molar-refractivity contribution in [1.29, 1.82) is 0 Å². The second kappa shape index (κ2) is 9.78. The Kier molecular flexibility index (Phi) is 7.42. The Hall–Kier alpha value is -3.28. The molecule has 0 aliphatic heterocycles. The summed E-state index contributed by atoms with van der Waals surface area (Å²) in [7, 11) is 0. The van der Waals surface area contributed by atoms with Gasteiger partial charge in [-0.25, -0.2) is 0 Å². The summed E-state index contributed by atoms with van der Waals surface area (Å²) in [5, 5.41) is 2.61. The first-order valence-corrected chi connectivity index (χ1v) is 9.39. The number of esters is 1. The number of amides is 1. The first-order valence-electron chi connectivity index (χ1n) is 9.39. The molecule has 0 saturated heterocycles. The summed E-state index contributed by atoms with van der Waals surface area (Å²) >= 11 is 0. The second-order valence-corrected chi connectivity index (χ2v) is 6.98. The van der Waals surface area contributed by atoms with E-state index in [0.717, 1.165) is 11.1 Å². The fraction of sp³-hybridized carbons (Fsp3) is 0.304. The number of ether oxygens (including phenoxy) is 1. The Morgan fingerprint density at radius 1 is 0.897 bits per heavy atom. The normalized spacial score (nSPS) is 11.4. The maximum atomic E-state index is 12.4. The quantitative estimate of drug-likeness (QED) is 0.538. The number of hydrogen-bond donors (Lipinski definition) is 1. The van der Waals surface area contributed by atoms with E-state index in [1.54, 1.807) is 36.4 Å². The molecule has 2 aromatic carbocycles. The number of carbonyl (C=O) groups excluding carboxylic acids is 4. The molecule has 152 valence electrons. The Bertz CT molecular complexity index is 931. The minimum absolute atomic E-state index is 0.0215. The van der Waals surface area contributed by atoms with Crippen LogP contribution in [0.5, 0.6) is 0 Å². The number of Topliss-reactive ketones (excluding diaryl/α,β-unsaturated/α-hetero) is 2. The van der Waals surface area contributed by atoms with Gasteiger partial charge in [-0.1, -0.05) is 12.1 Å². The van der Waals surface area contributed by atoms with Crippen LogP contribution in [0.25, 0.3) is 0 Å². The molecule has 0 aromatic heterocycles. The molecule has 0 fully saturated rings. The van der Waals surface area contributed by atoms with Crippen LogP contribution in [0.2, 0.25) is 0 Å². The molecule has 0 heterocycles. The van der Waals surface area contributed by atoms with Gasteiger partial charge in [0.25, 0.3) is 0 Å². The summed E-state index contributed by atoms with van der Waals surface area (Å²) in [5.41, 5.74) is 3.61. The molecule has 1 atom stereocenters. The minimum Gasteiger partial charge on any atom is -0.454 e. The second-order valence-electron chi connectivity index (χ2n) is 6.98. The lowest BCUT2D eigenvalue weighted by Crippen LogP contribution is -2.24. The average molecular weight is 395 g/mol. The van der Waals surface area contributed by atoms with E-state index in [0.29, 0.717) is 16.8 Å². The van der Waals surface area contributed by atoms with Crippen LogP contribution in [0.4, 0.5) is 5.69 Å². The highest BCUT2D eigenvalue weighted by atomic mass is 16.5. The Balaban J connectivity index is 1.87. The van der Waals surface area contributed by atoms with Gasteiger partial charge >= 0.3 is 5.97 Å². The van der Waals surface area contributed by atoms with Gasteiger partial charge in [0.05, 0.1) is 6.42 Å². The van der Waals surface area contributed by atoms with Crippen molar-refractivity contribution in [3.63, 3.8) is 0 Å². The number of rotatable bonds is 8. The van der Waals surface area contributed by atoms with E-state index < -0.39 is 12.1 Å². The van der Waals surface area contributed by atoms with Crippen molar-refractivity contribution in [3.8, 4) is 0 Å². The van der Waals surface area contributed by atoms with Crippen LogP contribution in [0.15, 0.2) is 42.5 Å². The molecule has 2 rings (SSSR count). The highest BCUT2D eigenvalue weighted by molar-refractivity contribution is 6.01. The molecule has 1 amide bonds. The molecule has 0 radical (unpaired) electrons. The van der Waals surface area contributed by atoms with E-state index in [1.807, 2.05) is 19.9 Å². The van der Waals surface area contributed by atoms with E-state index in [1.165, 1.54) is 13.8 Å².